The number of hydrogen-bond acceptors (Lipinski definition) is 6. The molecule has 1 aromatic carbocycles. The van der Waals surface area contributed by atoms with Crippen LogP contribution < -0.4 is 0 Å². The lowest BCUT2D eigenvalue weighted by Crippen LogP contribution is -2.25. The number of aliphatic hydroxyl groups is 1. The molecule has 0 unspecified atom stereocenters. The maximum Gasteiger partial charge on any atom is 0.432 e. The Bertz CT molecular complexity index is 711. The van der Waals surface area contributed by atoms with E-state index in [-0.39, 0.29) is 22.2 Å². The van der Waals surface area contributed by atoms with Crippen LogP contribution in [0.5, 0.6) is 0 Å². The first-order chi connectivity index (χ1) is 9.67. The molecule has 0 saturated carbocycles. The molecule has 11 heteroatoms. The third-order valence-electron chi connectivity index (χ3n) is 2.43. The molecule has 1 atom stereocenters. The molecule has 1 heterocycles. The monoisotopic (exact) mass is 356 g/mol. The Morgan fingerprint density at radius 2 is 1.81 bits per heavy atom. The zero-order chi connectivity index (χ0) is 15.8. The van der Waals surface area contributed by atoms with E-state index >= 15 is 0 Å². The van der Waals surface area contributed by atoms with Gasteiger partial charge in [-0.3, -0.25) is 9.44 Å². The lowest BCUT2D eigenvalue weighted by atomic mass is 10.3. The molecule has 0 aliphatic carbocycles. The van der Waals surface area contributed by atoms with Gasteiger partial charge >= 0.3 is 22.2 Å². The van der Waals surface area contributed by atoms with Crippen LogP contribution in [0.25, 0.3) is 0 Å². The highest BCUT2D eigenvalue weighted by atomic mass is 35.5. The first kappa shape index (κ1) is 16.1. The van der Waals surface area contributed by atoms with E-state index < -0.39 is 28.3 Å². The predicted octanol–water partition coefficient (Wildman–Crippen LogP) is 1.08. The SMILES string of the molecule is O=C1C[C@H](O)C(OOS(=O)(=O)O)=[N+]1c1cc(Cl)cc(Cl)c1. The predicted molar refractivity (Wildman–Crippen MR) is 70.7 cm³/mol. The Hall–Kier alpha value is -1.23. The molecule has 1 amide bonds. The molecule has 0 fully saturated rings. The van der Waals surface area contributed by atoms with Crippen LogP contribution in [-0.2, 0) is 24.4 Å². The van der Waals surface area contributed by atoms with Crippen LogP contribution >= 0.6 is 23.2 Å². The molecular weight excluding hydrogens is 349 g/mol. The van der Waals surface area contributed by atoms with Gasteiger partial charge in [0.1, 0.15) is 6.42 Å². The van der Waals surface area contributed by atoms with Gasteiger partial charge in [-0.1, -0.05) is 27.8 Å². The summed E-state index contributed by atoms with van der Waals surface area (Å²) in [4.78, 5) is 16.2. The number of benzene rings is 1. The van der Waals surface area contributed by atoms with Crippen LogP contribution in [0.2, 0.25) is 10.0 Å². The summed E-state index contributed by atoms with van der Waals surface area (Å²) in [5.74, 6) is -1.13. The third-order valence-corrected chi connectivity index (χ3v) is 3.11. The summed E-state index contributed by atoms with van der Waals surface area (Å²) in [7, 11) is -4.92. The minimum absolute atomic E-state index is 0.142. The van der Waals surface area contributed by atoms with Gasteiger partial charge in [-0.25, -0.2) is 4.79 Å². The van der Waals surface area contributed by atoms with Crippen molar-refractivity contribution >= 4 is 51.1 Å². The molecule has 2 rings (SSSR count). The van der Waals surface area contributed by atoms with E-state index in [0.717, 1.165) is 4.58 Å². The van der Waals surface area contributed by atoms with E-state index in [0.29, 0.717) is 0 Å². The van der Waals surface area contributed by atoms with Crippen molar-refractivity contribution in [2.24, 2.45) is 0 Å². The van der Waals surface area contributed by atoms with Crippen LogP contribution in [0.4, 0.5) is 5.69 Å². The molecule has 0 radical (unpaired) electrons. The lowest BCUT2D eigenvalue weighted by Gasteiger charge is -2.02. The molecule has 8 nitrogen and oxygen atoms in total. The molecule has 0 spiro atoms. The van der Waals surface area contributed by atoms with E-state index in [1.54, 1.807) is 0 Å². The van der Waals surface area contributed by atoms with E-state index in [1.165, 1.54) is 18.2 Å². The first-order valence-corrected chi connectivity index (χ1v) is 7.47. The molecular formula is C10H8Cl2NO7S+. The summed E-state index contributed by atoms with van der Waals surface area (Å²) in [6.07, 6.45) is -1.81. The number of nitrogens with zero attached hydrogens (tertiary/aromatic N) is 1. The van der Waals surface area contributed by atoms with E-state index in [1.807, 2.05) is 0 Å². The standard InChI is InChI=1S/C10H7Cl2NO7S/c11-5-1-6(12)3-7(2-5)13-9(15)4-8(14)10(13)19-20-21(16,17)18/h1-3,8,14H,4H2/p+1/t8-/m0/s1. The minimum Gasteiger partial charge on any atom is -0.378 e. The summed E-state index contributed by atoms with van der Waals surface area (Å²) >= 11 is 11.6. The second-order valence-corrected chi connectivity index (χ2v) is 5.86. The number of rotatable bonds is 3. The van der Waals surface area contributed by atoms with Crippen LogP contribution in [0.1, 0.15) is 6.42 Å². The summed E-state index contributed by atoms with van der Waals surface area (Å²) in [5.41, 5.74) is 0.142. The number of carbonyl (C=O) groups is 1. The number of halogens is 2. The fourth-order valence-corrected chi connectivity index (χ4v) is 2.40. The summed E-state index contributed by atoms with van der Waals surface area (Å²) in [6, 6.07) is 4.11. The summed E-state index contributed by atoms with van der Waals surface area (Å²) < 4.78 is 34.0. The Balaban J connectivity index is 2.48. The largest absolute Gasteiger partial charge is 0.432 e. The number of amides is 1. The molecule has 1 aromatic rings. The number of carbonyl (C=O) groups excluding carboxylic acids is 1. The van der Waals surface area contributed by atoms with Crippen LogP contribution in [0.3, 0.4) is 0 Å². The highest BCUT2D eigenvalue weighted by Crippen LogP contribution is 2.27. The molecule has 114 valence electrons. The van der Waals surface area contributed by atoms with Gasteiger partial charge in [0, 0.05) is 22.2 Å². The Morgan fingerprint density at radius 3 is 2.33 bits per heavy atom. The van der Waals surface area contributed by atoms with Gasteiger partial charge in [0.25, 0.3) is 0 Å². The smallest absolute Gasteiger partial charge is 0.378 e. The van der Waals surface area contributed by atoms with Crippen LogP contribution in [0.15, 0.2) is 18.2 Å². The van der Waals surface area contributed by atoms with Crippen LogP contribution in [-0.4, -0.2) is 40.6 Å². The average molecular weight is 357 g/mol. The molecule has 2 N–H and O–H groups in total. The fourth-order valence-electron chi connectivity index (χ4n) is 1.73. The highest BCUT2D eigenvalue weighted by molar-refractivity contribution is 7.80. The lowest BCUT2D eigenvalue weighted by molar-refractivity contribution is -0.382. The van der Waals surface area contributed by atoms with Crippen molar-refractivity contribution < 1.29 is 36.7 Å². The van der Waals surface area contributed by atoms with Gasteiger partial charge < -0.3 is 5.11 Å². The summed E-state index contributed by atoms with van der Waals surface area (Å²) in [5, 5.41) is 10.1. The molecule has 0 aromatic heterocycles. The van der Waals surface area contributed by atoms with Gasteiger partial charge in [-0.15, -0.1) is 0 Å². The van der Waals surface area contributed by atoms with Gasteiger partial charge in [0.15, 0.2) is 6.10 Å². The van der Waals surface area contributed by atoms with Crippen molar-refractivity contribution in [2.75, 3.05) is 0 Å². The minimum atomic E-state index is -4.92. The van der Waals surface area contributed by atoms with Crippen molar-refractivity contribution in [1.82, 2.24) is 0 Å². The Morgan fingerprint density at radius 1 is 1.24 bits per heavy atom. The van der Waals surface area contributed by atoms with E-state index in [4.69, 9.17) is 27.8 Å². The molecule has 21 heavy (non-hydrogen) atoms. The molecule has 1 aliphatic rings. The van der Waals surface area contributed by atoms with Crippen molar-refractivity contribution in [3.8, 4) is 0 Å². The van der Waals surface area contributed by atoms with Crippen molar-refractivity contribution in [3.63, 3.8) is 0 Å². The van der Waals surface area contributed by atoms with Gasteiger partial charge in [-0.2, -0.15) is 8.42 Å². The van der Waals surface area contributed by atoms with Gasteiger partial charge in [0.2, 0.25) is 5.69 Å². The van der Waals surface area contributed by atoms with Gasteiger partial charge in [0.05, 0.1) is 0 Å². The van der Waals surface area contributed by atoms with Crippen molar-refractivity contribution in [1.29, 1.82) is 0 Å². The number of hydrogen-bond donors (Lipinski definition) is 2. The first-order valence-electron chi connectivity index (χ1n) is 5.35. The van der Waals surface area contributed by atoms with Crippen molar-refractivity contribution in [3.05, 3.63) is 28.2 Å². The van der Waals surface area contributed by atoms with E-state index in [2.05, 4.69) is 9.22 Å². The van der Waals surface area contributed by atoms with E-state index in [9.17, 15) is 18.3 Å². The topological polar surface area (TPSA) is 113 Å². The Kier molecular flexibility index (Phi) is 4.51. The maximum absolute atomic E-state index is 11.9. The van der Waals surface area contributed by atoms with Gasteiger partial charge in [-0.05, 0) is 10.4 Å². The Labute approximate surface area is 129 Å². The average Bonchev–Trinajstić information content (AvgIpc) is 2.58. The second kappa shape index (κ2) is 5.87. The maximum atomic E-state index is 11.9. The van der Waals surface area contributed by atoms with Crippen LogP contribution in [0, 0.1) is 0 Å². The summed E-state index contributed by atoms with van der Waals surface area (Å²) in [6.45, 7) is 0. The van der Waals surface area contributed by atoms with Crippen molar-refractivity contribution in [2.45, 2.75) is 12.5 Å². The third kappa shape index (κ3) is 3.90. The zero-order valence-electron chi connectivity index (χ0n) is 10.1. The second-order valence-electron chi connectivity index (χ2n) is 3.99. The molecule has 0 bridgehead atoms. The normalized spacial score (nSPS) is 19.2. The molecule has 1 aliphatic heterocycles. The fraction of sp³-hybridized carbons (Fsp3) is 0.200. The quantitative estimate of drug-likeness (QED) is 0.360. The zero-order valence-corrected chi connectivity index (χ0v) is 12.4. The molecule has 0 saturated heterocycles. The number of aliphatic hydroxyl groups excluding tert-OH is 1. The highest BCUT2D eigenvalue weighted by Gasteiger charge is 2.45.